The number of thiocarbonyl (C=S) groups is 1. The largest absolute Gasteiger partial charge is 0.492 e. The van der Waals surface area contributed by atoms with E-state index in [4.69, 9.17) is 33.7 Å². The number of hydrogen-bond acceptors (Lipinski definition) is 5. The molecule has 5 nitrogen and oxygen atoms in total. The summed E-state index contributed by atoms with van der Waals surface area (Å²) in [5, 5.41) is 8.63. The number of nitrogens with zero attached hydrogens (tertiary/aromatic N) is 1. The number of para-hydroxylation sites is 1. The van der Waals surface area contributed by atoms with Gasteiger partial charge in [0.25, 0.3) is 5.91 Å². The summed E-state index contributed by atoms with van der Waals surface area (Å²) < 4.78 is 19.2. The zero-order valence-corrected chi connectivity index (χ0v) is 16.6. The summed E-state index contributed by atoms with van der Waals surface area (Å²) >= 11 is 12.2. The predicted octanol–water partition coefficient (Wildman–Crippen LogP) is 4.74. The van der Waals surface area contributed by atoms with Crippen molar-refractivity contribution in [2.75, 3.05) is 11.5 Å². The summed E-state index contributed by atoms with van der Waals surface area (Å²) in [5.74, 6) is -1.45. The second-order valence-electron chi connectivity index (χ2n) is 5.65. The van der Waals surface area contributed by atoms with E-state index in [1.807, 2.05) is 0 Å². The molecule has 1 N–H and O–H groups in total. The number of rotatable bonds is 6. The topological polar surface area (TPSA) is 66.8 Å². The van der Waals surface area contributed by atoms with E-state index in [1.165, 1.54) is 23.1 Å². The first-order chi connectivity index (χ1) is 13.4. The van der Waals surface area contributed by atoms with Crippen molar-refractivity contribution in [1.82, 2.24) is 0 Å². The molecule has 2 aromatic carbocycles. The Morgan fingerprint density at radius 3 is 2.79 bits per heavy atom. The lowest BCUT2D eigenvalue weighted by Crippen LogP contribution is -2.27. The fourth-order valence-corrected chi connectivity index (χ4v) is 3.90. The zero-order valence-electron chi connectivity index (χ0n) is 14.2. The number of carboxylic acid groups (broad SMARTS) is 1. The Kier molecular flexibility index (Phi) is 6.33. The summed E-state index contributed by atoms with van der Waals surface area (Å²) in [6.45, 7) is 0.00915. The Hall–Kier alpha value is -2.42. The standard InChI is InChI=1S/C19H13ClFNO4S2/c20-13-10-12(5-6-14(13)21)22-18(25)16(28-19(22)27)9-11-3-1-2-4-15(11)26-8-7-17(23)24/h1-6,9-10H,7-8H2,(H,23,24)/b16-9+. The van der Waals surface area contributed by atoms with Gasteiger partial charge in [-0.2, -0.15) is 0 Å². The fraction of sp³-hybridized carbons (Fsp3) is 0.105. The Bertz CT molecular complexity index is 996. The molecule has 1 heterocycles. The second-order valence-corrected chi connectivity index (χ2v) is 7.73. The summed E-state index contributed by atoms with van der Waals surface area (Å²) in [6, 6.07) is 10.9. The zero-order chi connectivity index (χ0) is 20.3. The third-order valence-electron chi connectivity index (χ3n) is 3.73. The Labute approximate surface area is 174 Å². The molecule has 0 aromatic heterocycles. The molecule has 0 bridgehead atoms. The lowest BCUT2D eigenvalue weighted by Gasteiger charge is -2.14. The lowest BCUT2D eigenvalue weighted by atomic mass is 10.2. The highest BCUT2D eigenvalue weighted by Crippen LogP contribution is 2.38. The van der Waals surface area contributed by atoms with Gasteiger partial charge < -0.3 is 9.84 Å². The molecule has 0 aliphatic carbocycles. The first-order valence-electron chi connectivity index (χ1n) is 8.03. The average molecular weight is 438 g/mol. The van der Waals surface area contributed by atoms with E-state index in [9.17, 15) is 14.0 Å². The summed E-state index contributed by atoms with van der Waals surface area (Å²) in [6.07, 6.45) is 1.49. The normalized spacial score (nSPS) is 15.4. The highest BCUT2D eigenvalue weighted by Gasteiger charge is 2.33. The van der Waals surface area contributed by atoms with Gasteiger partial charge >= 0.3 is 5.97 Å². The first-order valence-corrected chi connectivity index (χ1v) is 9.63. The number of thioether (sulfide) groups is 1. The van der Waals surface area contributed by atoms with E-state index in [1.54, 1.807) is 30.3 Å². The van der Waals surface area contributed by atoms with Crippen molar-refractivity contribution >= 4 is 63.5 Å². The Morgan fingerprint density at radius 1 is 1.32 bits per heavy atom. The maximum atomic E-state index is 13.4. The molecular formula is C19H13ClFNO4S2. The summed E-state index contributed by atoms with van der Waals surface area (Å²) in [5.41, 5.74) is 0.994. The highest BCUT2D eigenvalue weighted by molar-refractivity contribution is 8.27. The number of amides is 1. The monoisotopic (exact) mass is 437 g/mol. The van der Waals surface area contributed by atoms with Crippen LogP contribution in [0.3, 0.4) is 0 Å². The van der Waals surface area contributed by atoms with E-state index in [0.29, 0.717) is 26.2 Å². The maximum absolute atomic E-state index is 13.4. The van der Waals surface area contributed by atoms with Crippen LogP contribution in [0.5, 0.6) is 5.75 Å². The number of halogens is 2. The molecule has 0 atom stereocenters. The van der Waals surface area contributed by atoms with Crippen LogP contribution in [0.1, 0.15) is 12.0 Å². The number of anilines is 1. The van der Waals surface area contributed by atoms with Crippen LogP contribution in [0.25, 0.3) is 6.08 Å². The smallest absolute Gasteiger partial charge is 0.306 e. The van der Waals surface area contributed by atoms with Gasteiger partial charge in [-0.3, -0.25) is 14.5 Å². The van der Waals surface area contributed by atoms with Crippen LogP contribution < -0.4 is 9.64 Å². The Morgan fingerprint density at radius 2 is 2.07 bits per heavy atom. The average Bonchev–Trinajstić information content (AvgIpc) is 2.92. The molecule has 28 heavy (non-hydrogen) atoms. The number of benzene rings is 2. The minimum absolute atomic E-state index is 0.00915. The molecule has 1 saturated heterocycles. The van der Waals surface area contributed by atoms with Crippen LogP contribution in [0.2, 0.25) is 5.02 Å². The van der Waals surface area contributed by atoms with Crippen molar-refractivity contribution < 1.29 is 23.8 Å². The fourth-order valence-electron chi connectivity index (χ4n) is 2.44. The van der Waals surface area contributed by atoms with Gasteiger partial charge in [0.1, 0.15) is 11.6 Å². The van der Waals surface area contributed by atoms with Crippen LogP contribution in [-0.4, -0.2) is 27.9 Å². The van der Waals surface area contributed by atoms with Crippen LogP contribution >= 0.6 is 35.6 Å². The number of carbonyl (C=O) groups excluding carboxylic acids is 1. The lowest BCUT2D eigenvalue weighted by molar-refractivity contribution is -0.137. The van der Waals surface area contributed by atoms with Gasteiger partial charge in [-0.15, -0.1) is 0 Å². The van der Waals surface area contributed by atoms with Crippen molar-refractivity contribution in [1.29, 1.82) is 0 Å². The molecule has 1 fully saturated rings. The molecule has 1 aliphatic rings. The molecule has 2 aromatic rings. The van der Waals surface area contributed by atoms with E-state index < -0.39 is 11.8 Å². The van der Waals surface area contributed by atoms with E-state index in [0.717, 1.165) is 11.8 Å². The minimum Gasteiger partial charge on any atom is -0.492 e. The van der Waals surface area contributed by atoms with Gasteiger partial charge in [-0.25, -0.2) is 4.39 Å². The van der Waals surface area contributed by atoms with Crippen molar-refractivity contribution in [2.24, 2.45) is 0 Å². The summed E-state index contributed by atoms with van der Waals surface area (Å²) in [4.78, 5) is 25.1. The van der Waals surface area contributed by atoms with Gasteiger partial charge in [0.15, 0.2) is 4.32 Å². The van der Waals surface area contributed by atoms with Crippen molar-refractivity contribution in [3.8, 4) is 5.75 Å². The molecular weight excluding hydrogens is 425 g/mol. The van der Waals surface area contributed by atoms with Gasteiger partial charge in [0.05, 0.1) is 28.6 Å². The van der Waals surface area contributed by atoms with Crippen molar-refractivity contribution in [3.05, 3.63) is 63.8 Å². The van der Waals surface area contributed by atoms with Gasteiger partial charge in [-0.05, 0) is 30.3 Å². The first kappa shape index (κ1) is 20.3. The molecule has 144 valence electrons. The number of aliphatic carboxylic acids is 1. The van der Waals surface area contributed by atoms with E-state index in [-0.39, 0.29) is 24.0 Å². The number of ether oxygens (including phenoxy) is 1. The number of carboxylic acids is 1. The number of hydrogen-bond donors (Lipinski definition) is 1. The summed E-state index contributed by atoms with van der Waals surface area (Å²) in [7, 11) is 0. The van der Waals surface area contributed by atoms with Gasteiger partial charge in [0, 0.05) is 5.56 Å². The Balaban J connectivity index is 1.86. The van der Waals surface area contributed by atoms with Gasteiger partial charge in [0.2, 0.25) is 0 Å². The molecule has 1 aliphatic heterocycles. The van der Waals surface area contributed by atoms with E-state index >= 15 is 0 Å². The molecule has 0 spiro atoms. The quantitative estimate of drug-likeness (QED) is 0.520. The molecule has 1 amide bonds. The van der Waals surface area contributed by atoms with Crippen molar-refractivity contribution in [3.63, 3.8) is 0 Å². The second kappa shape index (κ2) is 8.72. The third kappa shape index (κ3) is 4.52. The van der Waals surface area contributed by atoms with Gasteiger partial charge in [-0.1, -0.05) is 53.8 Å². The van der Waals surface area contributed by atoms with Crippen LogP contribution in [0, 0.1) is 5.82 Å². The van der Waals surface area contributed by atoms with Crippen LogP contribution in [-0.2, 0) is 9.59 Å². The molecule has 0 radical (unpaired) electrons. The van der Waals surface area contributed by atoms with Crippen LogP contribution in [0.4, 0.5) is 10.1 Å². The molecule has 0 saturated carbocycles. The maximum Gasteiger partial charge on any atom is 0.306 e. The highest BCUT2D eigenvalue weighted by atomic mass is 35.5. The third-order valence-corrected chi connectivity index (χ3v) is 5.33. The predicted molar refractivity (Wildman–Crippen MR) is 111 cm³/mol. The van der Waals surface area contributed by atoms with Crippen molar-refractivity contribution in [2.45, 2.75) is 6.42 Å². The van der Waals surface area contributed by atoms with E-state index in [2.05, 4.69) is 0 Å². The molecule has 9 heteroatoms. The number of carbonyl (C=O) groups is 2. The minimum atomic E-state index is -0.962. The van der Waals surface area contributed by atoms with Crippen LogP contribution in [0.15, 0.2) is 47.4 Å². The molecule has 0 unspecified atom stereocenters. The molecule has 3 rings (SSSR count). The SMILES string of the molecule is O=C(O)CCOc1ccccc1/C=C1/SC(=S)N(c2ccc(F)c(Cl)c2)C1=O.